The van der Waals surface area contributed by atoms with E-state index in [1.54, 1.807) is 0 Å². The quantitative estimate of drug-likeness (QED) is 0.760. The Labute approximate surface area is 150 Å². The second kappa shape index (κ2) is 6.91. The minimum atomic E-state index is -0.497. The maximum Gasteiger partial charge on any atom is 0.411 e. The summed E-state index contributed by atoms with van der Waals surface area (Å²) in [7, 11) is 0. The molecule has 2 aromatic carbocycles. The molecule has 1 heterocycles. The second-order valence-corrected chi connectivity index (χ2v) is 7.58. The highest BCUT2D eigenvalue weighted by Crippen LogP contribution is 2.38. The monoisotopic (exact) mass is 337 g/mol. The highest BCUT2D eigenvalue weighted by atomic mass is 16.6. The maximum absolute atomic E-state index is 12.9. The number of aryl methyl sites for hydroxylation is 1. The van der Waals surface area contributed by atoms with Gasteiger partial charge in [-0.2, -0.15) is 0 Å². The van der Waals surface area contributed by atoms with Gasteiger partial charge in [0.2, 0.25) is 0 Å². The summed E-state index contributed by atoms with van der Waals surface area (Å²) < 4.78 is 5.70. The van der Waals surface area contributed by atoms with Crippen LogP contribution in [0, 0.1) is 0 Å². The number of benzene rings is 2. The van der Waals surface area contributed by atoms with Crippen LogP contribution in [0.4, 0.5) is 4.79 Å². The Bertz CT molecular complexity index is 732. The average Bonchev–Trinajstić information content (AvgIpc) is 2.59. The maximum atomic E-state index is 12.9. The smallest absolute Gasteiger partial charge is 0.411 e. The summed E-state index contributed by atoms with van der Waals surface area (Å²) in [6, 6.07) is 16.7. The molecule has 25 heavy (non-hydrogen) atoms. The van der Waals surface area contributed by atoms with Gasteiger partial charge in [0.25, 0.3) is 0 Å². The number of rotatable bonds is 2. The molecule has 2 aromatic rings. The van der Waals surface area contributed by atoms with E-state index in [0.29, 0.717) is 6.54 Å². The Kier molecular flexibility index (Phi) is 4.85. The summed E-state index contributed by atoms with van der Waals surface area (Å²) in [6.45, 7) is 8.59. The first-order valence-electron chi connectivity index (χ1n) is 9.06. The van der Waals surface area contributed by atoms with Gasteiger partial charge in [-0.15, -0.1) is 0 Å². The molecule has 0 saturated carbocycles. The molecule has 1 aliphatic rings. The minimum Gasteiger partial charge on any atom is -0.444 e. The summed E-state index contributed by atoms with van der Waals surface area (Å²) in [5.41, 5.74) is 4.55. The van der Waals surface area contributed by atoms with E-state index in [4.69, 9.17) is 4.74 Å². The van der Waals surface area contributed by atoms with Crippen LogP contribution in [0.15, 0.2) is 48.5 Å². The van der Waals surface area contributed by atoms with Gasteiger partial charge < -0.3 is 4.74 Å². The lowest BCUT2D eigenvalue weighted by molar-refractivity contribution is 0.0177. The molecular formula is C22H27NO2. The molecule has 3 nitrogen and oxygen atoms in total. The minimum absolute atomic E-state index is 0.0871. The van der Waals surface area contributed by atoms with Gasteiger partial charge in [-0.3, -0.25) is 4.90 Å². The van der Waals surface area contributed by atoms with Gasteiger partial charge in [0, 0.05) is 6.54 Å². The molecule has 3 heteroatoms. The van der Waals surface area contributed by atoms with Crippen LogP contribution in [0.25, 0.3) is 0 Å². The Morgan fingerprint density at radius 3 is 2.48 bits per heavy atom. The number of carbonyl (C=O) groups is 1. The van der Waals surface area contributed by atoms with Crippen molar-refractivity contribution in [3.05, 3.63) is 70.8 Å². The molecule has 1 aliphatic heterocycles. The van der Waals surface area contributed by atoms with E-state index in [2.05, 4.69) is 37.3 Å². The summed E-state index contributed by atoms with van der Waals surface area (Å²) >= 11 is 0. The fourth-order valence-corrected chi connectivity index (χ4v) is 3.57. The largest absolute Gasteiger partial charge is 0.444 e. The van der Waals surface area contributed by atoms with Crippen molar-refractivity contribution in [2.75, 3.05) is 6.54 Å². The topological polar surface area (TPSA) is 29.5 Å². The molecule has 1 amide bonds. The standard InChI is InChI=1S/C22H27NO2/c1-5-16-12-9-13-17-14-15-23(21(24)25-22(2,3)4)20(19(16)17)18-10-7-6-8-11-18/h6-13,20H,5,14-15H2,1-4H3. The number of hydrogen-bond acceptors (Lipinski definition) is 2. The van der Waals surface area contributed by atoms with Crippen LogP contribution >= 0.6 is 0 Å². The summed E-state index contributed by atoms with van der Waals surface area (Å²) in [4.78, 5) is 14.8. The van der Waals surface area contributed by atoms with Gasteiger partial charge in [-0.25, -0.2) is 4.79 Å². The summed E-state index contributed by atoms with van der Waals surface area (Å²) in [6.07, 6.45) is 1.58. The van der Waals surface area contributed by atoms with Crippen LogP contribution in [-0.4, -0.2) is 23.1 Å². The van der Waals surface area contributed by atoms with E-state index in [-0.39, 0.29) is 12.1 Å². The molecule has 0 saturated heterocycles. The number of carbonyl (C=O) groups excluding carboxylic acids is 1. The highest BCUT2D eigenvalue weighted by Gasteiger charge is 2.35. The first-order valence-corrected chi connectivity index (χ1v) is 9.06. The van der Waals surface area contributed by atoms with Crippen LogP contribution in [0.5, 0.6) is 0 Å². The van der Waals surface area contributed by atoms with E-state index >= 15 is 0 Å². The molecule has 132 valence electrons. The van der Waals surface area contributed by atoms with E-state index in [9.17, 15) is 4.79 Å². The first-order chi connectivity index (χ1) is 11.9. The third kappa shape index (κ3) is 3.71. The zero-order chi connectivity index (χ0) is 18.0. The number of nitrogens with zero attached hydrogens (tertiary/aromatic N) is 1. The molecule has 0 spiro atoms. The van der Waals surface area contributed by atoms with E-state index in [0.717, 1.165) is 18.4 Å². The lowest BCUT2D eigenvalue weighted by Crippen LogP contribution is -2.43. The van der Waals surface area contributed by atoms with Gasteiger partial charge in [0.05, 0.1) is 6.04 Å². The second-order valence-electron chi connectivity index (χ2n) is 7.58. The van der Waals surface area contributed by atoms with Gasteiger partial charge in [-0.05, 0) is 55.9 Å². The Hall–Kier alpha value is -2.29. The van der Waals surface area contributed by atoms with Crippen molar-refractivity contribution in [3.63, 3.8) is 0 Å². The third-order valence-corrected chi connectivity index (χ3v) is 4.62. The molecule has 0 aromatic heterocycles. The van der Waals surface area contributed by atoms with Gasteiger partial charge in [0.15, 0.2) is 0 Å². The SMILES string of the molecule is CCc1cccc2c1C(c1ccccc1)N(C(=O)OC(C)(C)C)CC2. The fraction of sp³-hybridized carbons (Fsp3) is 0.409. The molecule has 1 atom stereocenters. The summed E-state index contributed by atoms with van der Waals surface area (Å²) in [5.74, 6) is 0. The van der Waals surface area contributed by atoms with Crippen LogP contribution in [0.2, 0.25) is 0 Å². The number of amides is 1. The van der Waals surface area contributed by atoms with Crippen molar-refractivity contribution in [2.24, 2.45) is 0 Å². The van der Waals surface area contributed by atoms with Gasteiger partial charge in [0.1, 0.15) is 5.60 Å². The number of hydrogen-bond donors (Lipinski definition) is 0. The molecule has 1 unspecified atom stereocenters. The lowest BCUT2D eigenvalue weighted by Gasteiger charge is -2.39. The Morgan fingerprint density at radius 2 is 1.84 bits per heavy atom. The molecule has 0 radical (unpaired) electrons. The van der Waals surface area contributed by atoms with Crippen LogP contribution in [0.3, 0.4) is 0 Å². The van der Waals surface area contributed by atoms with Crippen molar-refractivity contribution in [3.8, 4) is 0 Å². The van der Waals surface area contributed by atoms with Crippen LogP contribution < -0.4 is 0 Å². The zero-order valence-corrected chi connectivity index (χ0v) is 15.6. The molecule has 0 bridgehead atoms. The molecule has 0 aliphatic carbocycles. The third-order valence-electron chi connectivity index (χ3n) is 4.62. The van der Waals surface area contributed by atoms with Crippen molar-refractivity contribution < 1.29 is 9.53 Å². The van der Waals surface area contributed by atoms with E-state index in [1.165, 1.54) is 16.7 Å². The van der Waals surface area contributed by atoms with Crippen LogP contribution in [-0.2, 0) is 17.6 Å². The molecular weight excluding hydrogens is 310 g/mol. The van der Waals surface area contributed by atoms with Gasteiger partial charge in [-0.1, -0.05) is 55.5 Å². The lowest BCUT2D eigenvalue weighted by atomic mass is 9.84. The van der Waals surface area contributed by atoms with Crippen molar-refractivity contribution in [1.29, 1.82) is 0 Å². The summed E-state index contributed by atoms with van der Waals surface area (Å²) in [5, 5.41) is 0. The van der Waals surface area contributed by atoms with Crippen molar-refractivity contribution in [1.82, 2.24) is 4.90 Å². The van der Waals surface area contributed by atoms with Crippen molar-refractivity contribution in [2.45, 2.75) is 52.2 Å². The Balaban J connectivity index is 2.09. The van der Waals surface area contributed by atoms with E-state index < -0.39 is 5.60 Å². The zero-order valence-electron chi connectivity index (χ0n) is 15.6. The van der Waals surface area contributed by atoms with Crippen molar-refractivity contribution >= 4 is 6.09 Å². The fourth-order valence-electron chi connectivity index (χ4n) is 3.57. The normalized spacial score (nSPS) is 17.1. The van der Waals surface area contributed by atoms with Gasteiger partial charge >= 0.3 is 6.09 Å². The number of ether oxygens (including phenoxy) is 1. The predicted octanol–water partition coefficient (Wildman–Crippen LogP) is 5.13. The average molecular weight is 337 g/mol. The molecule has 3 rings (SSSR count). The Morgan fingerprint density at radius 1 is 1.12 bits per heavy atom. The van der Waals surface area contributed by atoms with Crippen LogP contribution in [0.1, 0.15) is 56.0 Å². The predicted molar refractivity (Wildman–Crippen MR) is 101 cm³/mol. The number of fused-ring (bicyclic) bond motifs is 1. The first kappa shape index (κ1) is 17.5. The highest BCUT2D eigenvalue weighted by molar-refractivity contribution is 5.71. The van der Waals surface area contributed by atoms with E-state index in [1.807, 2.05) is 43.9 Å². The molecule has 0 N–H and O–H groups in total. The molecule has 0 fully saturated rings.